The molecule has 0 radical (unpaired) electrons. The Morgan fingerprint density at radius 3 is 2.42 bits per heavy atom. The van der Waals surface area contributed by atoms with E-state index in [2.05, 4.69) is 4.72 Å². The molecule has 1 fully saturated rings. The van der Waals surface area contributed by atoms with Crippen LogP contribution in [0.1, 0.15) is 50.1 Å². The van der Waals surface area contributed by atoms with Crippen LogP contribution in [0, 0.1) is 0 Å². The van der Waals surface area contributed by atoms with Crippen LogP contribution in [0.2, 0.25) is 10.0 Å². The molecule has 3 aromatic rings. The molecule has 5 rings (SSSR count). The minimum absolute atomic E-state index is 0.0241. The van der Waals surface area contributed by atoms with Crippen LogP contribution in [0.15, 0.2) is 54.6 Å². The van der Waals surface area contributed by atoms with Gasteiger partial charge in [-0.05, 0) is 55.5 Å². The molecule has 1 atom stereocenters. The quantitative estimate of drug-likeness (QED) is 0.316. The summed E-state index contributed by atoms with van der Waals surface area (Å²) in [6.07, 6.45) is 5.50. The Bertz CT molecular complexity index is 1360. The van der Waals surface area contributed by atoms with Gasteiger partial charge in [-0.1, -0.05) is 60.0 Å². The van der Waals surface area contributed by atoms with Crippen molar-refractivity contribution in [3.63, 3.8) is 0 Å². The molecule has 2 aliphatic rings. The molecule has 190 valence electrons. The van der Waals surface area contributed by atoms with Crippen molar-refractivity contribution >= 4 is 44.8 Å². The third-order valence-electron chi connectivity index (χ3n) is 7.00. The lowest BCUT2D eigenvalue weighted by Crippen LogP contribution is -2.47. The summed E-state index contributed by atoms with van der Waals surface area (Å²) in [6, 6.07) is 16.5. The monoisotopic (exact) mass is 564 g/mol. The van der Waals surface area contributed by atoms with Gasteiger partial charge in [0.15, 0.2) is 0 Å². The summed E-state index contributed by atoms with van der Waals surface area (Å²) in [4.78, 5) is 5.02. The first kappa shape index (κ1) is 25.8. The lowest BCUT2D eigenvalue weighted by Gasteiger charge is -2.44. The van der Waals surface area contributed by atoms with Crippen LogP contribution in [0.4, 0.5) is 0 Å². The van der Waals surface area contributed by atoms with Crippen LogP contribution in [-0.2, 0) is 10.0 Å². The number of nitrogens with one attached hydrogen (secondary N) is 1. The molecule has 1 unspecified atom stereocenters. The standard InChI is InChI=1S/C27H27Cl3N2O3S/c28-14-15-36(33,34)32-24-17-27(12-4-1-5-13-27)35-26-22(24)16-21(18-8-10-19(29)11-9-18)25(31-26)20-6-2-3-7-23(20)30/h2-3,6-11,16,24,32H,1,4-5,12-15,17H2. The van der Waals surface area contributed by atoms with E-state index < -0.39 is 21.7 Å². The van der Waals surface area contributed by atoms with Crippen molar-refractivity contribution in [2.45, 2.75) is 50.2 Å². The zero-order valence-electron chi connectivity index (χ0n) is 19.6. The molecule has 36 heavy (non-hydrogen) atoms. The number of nitrogens with zero attached hydrogens (tertiary/aromatic N) is 1. The van der Waals surface area contributed by atoms with E-state index in [1.165, 1.54) is 0 Å². The highest BCUT2D eigenvalue weighted by molar-refractivity contribution is 7.89. The van der Waals surface area contributed by atoms with Crippen molar-refractivity contribution in [2.75, 3.05) is 11.6 Å². The molecular formula is C27H27Cl3N2O3S. The number of alkyl halides is 1. The van der Waals surface area contributed by atoms with Crippen LogP contribution in [0.25, 0.3) is 22.4 Å². The fourth-order valence-electron chi connectivity index (χ4n) is 5.26. The Balaban J connectivity index is 1.70. The maximum Gasteiger partial charge on any atom is 0.219 e. The summed E-state index contributed by atoms with van der Waals surface area (Å²) < 4.78 is 35.2. The molecule has 5 nitrogen and oxygen atoms in total. The van der Waals surface area contributed by atoms with Gasteiger partial charge in [0.25, 0.3) is 0 Å². The zero-order chi connectivity index (χ0) is 25.3. The normalized spacial score (nSPS) is 19.0. The van der Waals surface area contributed by atoms with Crippen molar-refractivity contribution in [3.05, 3.63) is 70.2 Å². The zero-order valence-corrected chi connectivity index (χ0v) is 22.7. The summed E-state index contributed by atoms with van der Waals surface area (Å²) in [5, 5.41) is 1.20. The number of pyridine rings is 1. The van der Waals surface area contributed by atoms with Crippen LogP contribution < -0.4 is 9.46 Å². The number of halogens is 3. The van der Waals surface area contributed by atoms with Crippen LogP contribution >= 0.6 is 34.8 Å². The highest BCUT2D eigenvalue weighted by Gasteiger charge is 2.44. The Morgan fingerprint density at radius 1 is 1.00 bits per heavy atom. The molecule has 2 heterocycles. The Labute approximate surface area is 227 Å². The second-order valence-electron chi connectivity index (χ2n) is 9.49. The molecule has 0 saturated heterocycles. The topological polar surface area (TPSA) is 68.3 Å². The van der Waals surface area contributed by atoms with Gasteiger partial charge in [-0.3, -0.25) is 0 Å². The van der Waals surface area contributed by atoms with Crippen molar-refractivity contribution in [3.8, 4) is 28.3 Å². The van der Waals surface area contributed by atoms with Gasteiger partial charge < -0.3 is 4.74 Å². The maximum atomic E-state index is 12.8. The van der Waals surface area contributed by atoms with Gasteiger partial charge in [-0.2, -0.15) is 0 Å². The smallest absolute Gasteiger partial charge is 0.219 e. The predicted octanol–water partition coefficient (Wildman–Crippen LogP) is 7.41. The third-order valence-corrected chi connectivity index (χ3v) is 9.38. The van der Waals surface area contributed by atoms with Crippen molar-refractivity contribution in [1.82, 2.24) is 9.71 Å². The van der Waals surface area contributed by atoms with E-state index in [0.29, 0.717) is 33.6 Å². The highest BCUT2D eigenvalue weighted by Crippen LogP contribution is 2.48. The van der Waals surface area contributed by atoms with Crippen molar-refractivity contribution in [1.29, 1.82) is 0 Å². The van der Waals surface area contributed by atoms with E-state index in [4.69, 9.17) is 44.5 Å². The molecular weight excluding hydrogens is 539 g/mol. The lowest BCUT2D eigenvalue weighted by atomic mass is 9.77. The summed E-state index contributed by atoms with van der Waals surface area (Å²) in [7, 11) is -3.59. The average Bonchev–Trinajstić information content (AvgIpc) is 2.84. The van der Waals surface area contributed by atoms with E-state index in [1.54, 1.807) is 0 Å². The first-order chi connectivity index (χ1) is 17.3. The van der Waals surface area contributed by atoms with Crippen molar-refractivity contribution in [2.24, 2.45) is 0 Å². The number of hydrogen-bond donors (Lipinski definition) is 1. The number of fused-ring (bicyclic) bond motifs is 1. The summed E-state index contributed by atoms with van der Waals surface area (Å²) in [5.74, 6) is 0.328. The van der Waals surface area contributed by atoms with Gasteiger partial charge in [0.05, 0.1) is 17.5 Å². The second kappa shape index (κ2) is 10.5. The lowest BCUT2D eigenvalue weighted by molar-refractivity contribution is -0.00420. The average molecular weight is 566 g/mol. The van der Waals surface area contributed by atoms with Gasteiger partial charge >= 0.3 is 0 Å². The number of aromatic nitrogens is 1. The second-order valence-corrected chi connectivity index (χ2v) is 12.6. The minimum Gasteiger partial charge on any atom is -0.471 e. The summed E-state index contributed by atoms with van der Waals surface area (Å²) in [5.41, 5.74) is 3.43. The molecule has 1 spiro atoms. The number of rotatable bonds is 6. The van der Waals surface area contributed by atoms with E-state index in [0.717, 1.165) is 48.8 Å². The van der Waals surface area contributed by atoms with Crippen molar-refractivity contribution < 1.29 is 13.2 Å². The Kier molecular flexibility index (Phi) is 7.53. The Morgan fingerprint density at radius 2 is 1.72 bits per heavy atom. The third kappa shape index (κ3) is 5.39. The van der Waals surface area contributed by atoms with E-state index in [1.807, 2.05) is 54.6 Å². The van der Waals surface area contributed by atoms with Crippen LogP contribution in [0.5, 0.6) is 5.88 Å². The molecule has 1 aromatic heterocycles. The number of benzene rings is 2. The molecule has 2 aromatic carbocycles. The molecule has 0 bridgehead atoms. The SMILES string of the molecule is O=S(=O)(CCCl)NC1CC2(CCCCC2)Oc2nc(-c3ccccc3Cl)c(-c3ccc(Cl)cc3)cc21. The molecule has 1 saturated carbocycles. The molecule has 1 N–H and O–H groups in total. The van der Waals surface area contributed by atoms with E-state index >= 15 is 0 Å². The van der Waals surface area contributed by atoms with Gasteiger partial charge in [-0.15, -0.1) is 11.6 Å². The Hall–Kier alpha value is -1.83. The number of sulfonamides is 1. The largest absolute Gasteiger partial charge is 0.471 e. The van der Waals surface area contributed by atoms with E-state index in [9.17, 15) is 8.42 Å². The minimum atomic E-state index is -3.59. The summed E-state index contributed by atoms with van der Waals surface area (Å²) in [6.45, 7) is 0. The first-order valence-corrected chi connectivity index (χ1v) is 15.0. The summed E-state index contributed by atoms with van der Waals surface area (Å²) >= 11 is 18.6. The van der Waals surface area contributed by atoms with Gasteiger partial charge in [0, 0.05) is 39.0 Å². The van der Waals surface area contributed by atoms with Gasteiger partial charge in [0.1, 0.15) is 5.60 Å². The molecule has 1 aliphatic heterocycles. The molecule has 0 amide bonds. The van der Waals surface area contributed by atoms with E-state index in [-0.39, 0.29) is 11.6 Å². The molecule has 1 aliphatic carbocycles. The maximum absolute atomic E-state index is 12.8. The molecule has 9 heteroatoms. The number of hydrogen-bond acceptors (Lipinski definition) is 4. The highest BCUT2D eigenvalue weighted by atomic mass is 35.5. The first-order valence-electron chi connectivity index (χ1n) is 12.1. The van der Waals surface area contributed by atoms with Gasteiger partial charge in [0.2, 0.25) is 15.9 Å². The van der Waals surface area contributed by atoms with Gasteiger partial charge in [-0.25, -0.2) is 18.1 Å². The van der Waals surface area contributed by atoms with Crippen LogP contribution in [0.3, 0.4) is 0 Å². The number of ether oxygens (including phenoxy) is 1. The predicted molar refractivity (Wildman–Crippen MR) is 147 cm³/mol. The fourth-order valence-corrected chi connectivity index (χ4v) is 7.19. The van der Waals surface area contributed by atoms with Crippen LogP contribution in [-0.4, -0.2) is 30.6 Å². The fraction of sp³-hybridized carbons (Fsp3) is 0.370.